The van der Waals surface area contributed by atoms with Crippen LogP contribution in [0.1, 0.15) is 25.3 Å². The standard InChI is InChI=1S/C14H18N2O3/c1-3-6-13(17)15-16-14(18)10-9-11-7-4-5-8-12(11)19-2/h4-5,7-10H,3,6H2,1-2H3,(H,15,17)(H,16,18)/b10-9+. The zero-order valence-corrected chi connectivity index (χ0v) is 11.1. The number of amides is 2. The van der Waals surface area contributed by atoms with E-state index in [1.807, 2.05) is 25.1 Å². The van der Waals surface area contributed by atoms with Crippen molar-refractivity contribution in [3.8, 4) is 5.75 Å². The maximum absolute atomic E-state index is 11.5. The minimum atomic E-state index is -0.393. The Labute approximate surface area is 112 Å². The smallest absolute Gasteiger partial charge is 0.262 e. The first-order valence-electron chi connectivity index (χ1n) is 6.07. The van der Waals surface area contributed by atoms with Crippen LogP contribution in [0.15, 0.2) is 30.3 Å². The second kappa shape index (κ2) is 7.92. The summed E-state index contributed by atoms with van der Waals surface area (Å²) in [5.41, 5.74) is 5.43. The molecule has 0 saturated carbocycles. The Morgan fingerprint density at radius 2 is 2.00 bits per heavy atom. The third-order valence-electron chi connectivity index (χ3n) is 2.36. The predicted molar refractivity (Wildman–Crippen MR) is 73.2 cm³/mol. The largest absolute Gasteiger partial charge is 0.496 e. The van der Waals surface area contributed by atoms with Gasteiger partial charge in [0.2, 0.25) is 5.91 Å². The molecule has 5 nitrogen and oxygen atoms in total. The molecule has 0 unspecified atom stereocenters. The summed E-state index contributed by atoms with van der Waals surface area (Å²) in [6.07, 6.45) is 4.08. The molecule has 0 fully saturated rings. The Morgan fingerprint density at radius 1 is 1.26 bits per heavy atom. The van der Waals surface area contributed by atoms with E-state index in [9.17, 15) is 9.59 Å². The number of carbonyl (C=O) groups is 2. The first kappa shape index (κ1) is 14.8. The molecule has 0 radical (unpaired) electrons. The highest BCUT2D eigenvalue weighted by atomic mass is 16.5. The molecule has 1 aromatic carbocycles. The maximum atomic E-state index is 11.5. The summed E-state index contributed by atoms with van der Waals surface area (Å²) >= 11 is 0. The Kier molecular flexibility index (Phi) is 6.15. The number of methoxy groups -OCH3 is 1. The molecule has 0 bridgehead atoms. The molecule has 0 saturated heterocycles. The first-order valence-corrected chi connectivity index (χ1v) is 6.07. The summed E-state index contributed by atoms with van der Waals surface area (Å²) in [5, 5.41) is 0. The van der Waals surface area contributed by atoms with E-state index in [1.54, 1.807) is 19.3 Å². The average molecular weight is 262 g/mol. The molecule has 0 aliphatic heterocycles. The number of para-hydroxylation sites is 1. The van der Waals surface area contributed by atoms with Gasteiger partial charge in [-0.3, -0.25) is 20.4 Å². The van der Waals surface area contributed by atoms with Gasteiger partial charge < -0.3 is 4.74 Å². The van der Waals surface area contributed by atoms with Crippen LogP contribution < -0.4 is 15.6 Å². The molecule has 0 heterocycles. The van der Waals surface area contributed by atoms with Crippen molar-refractivity contribution in [2.75, 3.05) is 7.11 Å². The lowest BCUT2D eigenvalue weighted by atomic mass is 10.2. The minimum absolute atomic E-state index is 0.207. The summed E-state index contributed by atoms with van der Waals surface area (Å²) in [6, 6.07) is 7.34. The van der Waals surface area contributed by atoms with Crippen molar-refractivity contribution in [1.82, 2.24) is 10.9 Å². The molecule has 2 amide bonds. The number of nitrogens with one attached hydrogen (secondary N) is 2. The van der Waals surface area contributed by atoms with Gasteiger partial charge in [-0.05, 0) is 18.6 Å². The van der Waals surface area contributed by atoms with E-state index in [1.165, 1.54) is 6.08 Å². The van der Waals surface area contributed by atoms with Gasteiger partial charge in [0.15, 0.2) is 0 Å². The van der Waals surface area contributed by atoms with Crippen LogP contribution in [0.4, 0.5) is 0 Å². The summed E-state index contributed by atoms with van der Waals surface area (Å²) in [5.74, 6) is 0.0819. The van der Waals surface area contributed by atoms with Crippen LogP contribution in [0.3, 0.4) is 0 Å². The highest BCUT2D eigenvalue weighted by Gasteiger charge is 2.01. The molecule has 0 spiro atoms. The van der Waals surface area contributed by atoms with Crippen molar-refractivity contribution in [2.45, 2.75) is 19.8 Å². The zero-order chi connectivity index (χ0) is 14.1. The molecule has 1 rings (SSSR count). The van der Waals surface area contributed by atoms with Gasteiger partial charge in [-0.2, -0.15) is 0 Å². The normalized spacial score (nSPS) is 10.2. The Balaban J connectivity index is 2.52. The van der Waals surface area contributed by atoms with Crippen LogP contribution >= 0.6 is 0 Å². The fourth-order valence-electron chi connectivity index (χ4n) is 1.43. The van der Waals surface area contributed by atoms with Gasteiger partial charge in [-0.25, -0.2) is 0 Å². The quantitative estimate of drug-likeness (QED) is 0.626. The van der Waals surface area contributed by atoms with E-state index in [-0.39, 0.29) is 5.91 Å². The van der Waals surface area contributed by atoms with Crippen LogP contribution in [0.25, 0.3) is 6.08 Å². The lowest BCUT2D eigenvalue weighted by Crippen LogP contribution is -2.40. The summed E-state index contributed by atoms with van der Waals surface area (Å²) in [6.45, 7) is 1.89. The van der Waals surface area contributed by atoms with Crippen molar-refractivity contribution in [2.24, 2.45) is 0 Å². The number of hydrazine groups is 1. The Hall–Kier alpha value is -2.30. The van der Waals surface area contributed by atoms with Gasteiger partial charge in [0.25, 0.3) is 5.91 Å². The topological polar surface area (TPSA) is 67.4 Å². The molecule has 19 heavy (non-hydrogen) atoms. The molecular weight excluding hydrogens is 244 g/mol. The summed E-state index contributed by atoms with van der Waals surface area (Å²) < 4.78 is 5.16. The molecule has 0 atom stereocenters. The van der Waals surface area contributed by atoms with E-state index in [2.05, 4.69) is 10.9 Å². The van der Waals surface area contributed by atoms with Crippen molar-refractivity contribution in [1.29, 1.82) is 0 Å². The van der Waals surface area contributed by atoms with E-state index < -0.39 is 5.91 Å². The third-order valence-corrected chi connectivity index (χ3v) is 2.36. The highest BCUT2D eigenvalue weighted by Crippen LogP contribution is 2.18. The van der Waals surface area contributed by atoms with Gasteiger partial charge in [0, 0.05) is 18.1 Å². The van der Waals surface area contributed by atoms with Crippen molar-refractivity contribution in [3.63, 3.8) is 0 Å². The fraction of sp³-hybridized carbons (Fsp3) is 0.286. The van der Waals surface area contributed by atoms with Gasteiger partial charge in [-0.1, -0.05) is 25.1 Å². The van der Waals surface area contributed by atoms with Gasteiger partial charge in [-0.15, -0.1) is 0 Å². The minimum Gasteiger partial charge on any atom is -0.496 e. The second-order valence-electron chi connectivity index (χ2n) is 3.86. The average Bonchev–Trinajstić information content (AvgIpc) is 2.43. The van der Waals surface area contributed by atoms with Gasteiger partial charge >= 0.3 is 0 Å². The van der Waals surface area contributed by atoms with Crippen LogP contribution in [0.2, 0.25) is 0 Å². The Morgan fingerprint density at radius 3 is 2.68 bits per heavy atom. The fourth-order valence-corrected chi connectivity index (χ4v) is 1.43. The molecule has 5 heteroatoms. The van der Waals surface area contributed by atoms with Crippen molar-refractivity contribution in [3.05, 3.63) is 35.9 Å². The number of ether oxygens (including phenoxy) is 1. The molecular formula is C14H18N2O3. The van der Waals surface area contributed by atoms with Crippen molar-refractivity contribution < 1.29 is 14.3 Å². The predicted octanol–water partition coefficient (Wildman–Crippen LogP) is 1.66. The third kappa shape index (κ3) is 5.25. The number of carbonyl (C=O) groups excluding carboxylic acids is 2. The summed E-state index contributed by atoms with van der Waals surface area (Å²) in [4.78, 5) is 22.6. The molecule has 0 aromatic heterocycles. The summed E-state index contributed by atoms with van der Waals surface area (Å²) in [7, 11) is 1.57. The molecule has 102 valence electrons. The molecule has 1 aromatic rings. The molecule has 0 aliphatic rings. The monoisotopic (exact) mass is 262 g/mol. The van der Waals surface area contributed by atoms with Crippen molar-refractivity contribution >= 4 is 17.9 Å². The highest BCUT2D eigenvalue weighted by molar-refractivity contribution is 5.93. The maximum Gasteiger partial charge on any atom is 0.262 e. The molecule has 0 aliphatic carbocycles. The number of hydrogen-bond donors (Lipinski definition) is 2. The van der Waals surface area contributed by atoms with E-state index in [4.69, 9.17) is 4.74 Å². The Bertz CT molecular complexity index is 470. The molecule has 2 N–H and O–H groups in total. The van der Waals surface area contributed by atoms with Crippen LogP contribution in [-0.4, -0.2) is 18.9 Å². The number of rotatable bonds is 5. The van der Waals surface area contributed by atoms with E-state index in [0.29, 0.717) is 12.2 Å². The number of benzene rings is 1. The second-order valence-corrected chi connectivity index (χ2v) is 3.86. The van der Waals surface area contributed by atoms with Gasteiger partial charge in [0.1, 0.15) is 5.75 Å². The first-order chi connectivity index (χ1) is 9.17. The van der Waals surface area contributed by atoms with E-state index >= 15 is 0 Å². The SMILES string of the molecule is CCCC(=O)NNC(=O)/C=C/c1ccccc1OC. The lowest BCUT2D eigenvalue weighted by Gasteiger charge is -2.05. The van der Waals surface area contributed by atoms with Gasteiger partial charge in [0.05, 0.1) is 7.11 Å². The van der Waals surface area contributed by atoms with Crippen LogP contribution in [0.5, 0.6) is 5.75 Å². The zero-order valence-electron chi connectivity index (χ0n) is 11.1. The van der Waals surface area contributed by atoms with Crippen LogP contribution in [0, 0.1) is 0 Å². The van der Waals surface area contributed by atoms with E-state index in [0.717, 1.165) is 12.0 Å². The number of hydrogen-bond acceptors (Lipinski definition) is 3. The lowest BCUT2D eigenvalue weighted by molar-refractivity contribution is -0.126. The van der Waals surface area contributed by atoms with Crippen LogP contribution in [-0.2, 0) is 9.59 Å².